The minimum Gasteiger partial charge on any atom is -0.352 e. The smallest absolute Gasteiger partial charge is 0.242 e. The Balaban J connectivity index is 1.73. The summed E-state index contributed by atoms with van der Waals surface area (Å²) in [4.78, 5) is 28.2. The maximum absolute atomic E-state index is 12.7. The molecule has 3 rings (SSSR count). The number of amides is 2. The Bertz CT molecular complexity index is 534. The van der Waals surface area contributed by atoms with Gasteiger partial charge in [-0.1, -0.05) is 30.3 Å². The van der Waals surface area contributed by atoms with Gasteiger partial charge in [-0.05, 0) is 18.4 Å². The summed E-state index contributed by atoms with van der Waals surface area (Å²) in [6.07, 6.45) is 2.18. The number of carbonyl (C=O) groups is 2. The van der Waals surface area contributed by atoms with Gasteiger partial charge in [-0.2, -0.15) is 0 Å². The van der Waals surface area contributed by atoms with Crippen molar-refractivity contribution in [2.45, 2.75) is 31.8 Å². The molecule has 118 valence electrons. The van der Waals surface area contributed by atoms with E-state index in [1.54, 1.807) is 6.92 Å². The molecule has 1 saturated carbocycles. The topological polar surface area (TPSA) is 52.7 Å². The van der Waals surface area contributed by atoms with Crippen LogP contribution in [0.5, 0.6) is 0 Å². The third-order valence-corrected chi connectivity index (χ3v) is 4.41. The summed E-state index contributed by atoms with van der Waals surface area (Å²) < 4.78 is 0. The van der Waals surface area contributed by atoms with E-state index >= 15 is 0 Å². The second-order valence-corrected chi connectivity index (χ2v) is 6.14. The Labute approximate surface area is 131 Å². The summed E-state index contributed by atoms with van der Waals surface area (Å²) in [5.41, 5.74) is 1.02. The SMILES string of the molecule is CC(=O)N1CCN([C@H](C(=O)NC2CC2)c2ccccc2)CC1. The van der Waals surface area contributed by atoms with Crippen molar-refractivity contribution in [1.82, 2.24) is 15.1 Å². The van der Waals surface area contributed by atoms with Crippen molar-refractivity contribution in [3.63, 3.8) is 0 Å². The largest absolute Gasteiger partial charge is 0.352 e. The van der Waals surface area contributed by atoms with E-state index in [1.165, 1.54) is 0 Å². The van der Waals surface area contributed by atoms with Crippen LogP contribution in [0.3, 0.4) is 0 Å². The van der Waals surface area contributed by atoms with Gasteiger partial charge in [-0.3, -0.25) is 14.5 Å². The van der Waals surface area contributed by atoms with Gasteiger partial charge in [0.1, 0.15) is 6.04 Å². The lowest BCUT2D eigenvalue weighted by Gasteiger charge is -2.38. The molecule has 0 unspecified atom stereocenters. The zero-order valence-electron chi connectivity index (χ0n) is 13.0. The molecule has 5 heteroatoms. The molecular formula is C17H23N3O2. The van der Waals surface area contributed by atoms with Gasteiger partial charge in [-0.25, -0.2) is 0 Å². The van der Waals surface area contributed by atoms with Crippen molar-refractivity contribution in [1.29, 1.82) is 0 Å². The molecule has 1 saturated heterocycles. The van der Waals surface area contributed by atoms with E-state index in [0.29, 0.717) is 19.1 Å². The lowest BCUT2D eigenvalue weighted by atomic mass is 10.0. The molecule has 1 N–H and O–H groups in total. The number of carbonyl (C=O) groups excluding carboxylic acids is 2. The third kappa shape index (κ3) is 3.47. The Morgan fingerprint density at radius 1 is 1.09 bits per heavy atom. The number of benzene rings is 1. The standard InChI is InChI=1S/C17H23N3O2/c1-13(21)19-9-11-20(12-10-19)16(14-5-3-2-4-6-14)17(22)18-15-7-8-15/h2-6,15-16H,7-12H2,1H3,(H,18,22)/t16-/m0/s1. The van der Waals surface area contributed by atoms with Gasteiger partial charge in [-0.15, -0.1) is 0 Å². The maximum Gasteiger partial charge on any atom is 0.242 e. The molecule has 1 heterocycles. The van der Waals surface area contributed by atoms with E-state index < -0.39 is 0 Å². The molecule has 1 aliphatic heterocycles. The fourth-order valence-corrected chi connectivity index (χ4v) is 2.97. The predicted octanol–water partition coefficient (Wildman–Crippen LogP) is 1.17. The normalized spacial score (nSPS) is 20.5. The van der Waals surface area contributed by atoms with Crippen LogP contribution in [0, 0.1) is 0 Å². The van der Waals surface area contributed by atoms with E-state index in [4.69, 9.17) is 0 Å². The summed E-state index contributed by atoms with van der Waals surface area (Å²) in [7, 11) is 0. The van der Waals surface area contributed by atoms with E-state index in [9.17, 15) is 9.59 Å². The highest BCUT2D eigenvalue weighted by atomic mass is 16.2. The Hall–Kier alpha value is -1.88. The van der Waals surface area contributed by atoms with Crippen molar-refractivity contribution in [3.05, 3.63) is 35.9 Å². The highest BCUT2D eigenvalue weighted by Crippen LogP contribution is 2.25. The van der Waals surface area contributed by atoms with Crippen molar-refractivity contribution in [2.24, 2.45) is 0 Å². The van der Waals surface area contributed by atoms with Gasteiger partial charge in [0.2, 0.25) is 11.8 Å². The lowest BCUT2D eigenvalue weighted by molar-refractivity contribution is -0.132. The summed E-state index contributed by atoms with van der Waals surface area (Å²) in [5.74, 6) is 0.198. The average molecular weight is 301 g/mol. The van der Waals surface area contributed by atoms with Gasteiger partial charge in [0.05, 0.1) is 0 Å². The van der Waals surface area contributed by atoms with Crippen LogP contribution in [0.2, 0.25) is 0 Å². The van der Waals surface area contributed by atoms with Crippen molar-refractivity contribution in [3.8, 4) is 0 Å². The molecule has 0 bridgehead atoms. The Kier molecular flexibility index (Phi) is 4.43. The van der Waals surface area contributed by atoms with Crippen LogP contribution in [0.25, 0.3) is 0 Å². The molecule has 1 aliphatic carbocycles. The molecule has 1 aromatic rings. The minimum atomic E-state index is -0.254. The lowest BCUT2D eigenvalue weighted by Crippen LogP contribution is -2.52. The molecule has 2 amide bonds. The fourth-order valence-electron chi connectivity index (χ4n) is 2.97. The first kappa shape index (κ1) is 15.0. The minimum absolute atomic E-state index is 0.0879. The van der Waals surface area contributed by atoms with Crippen LogP contribution < -0.4 is 5.32 Å². The van der Waals surface area contributed by atoms with Crippen molar-refractivity contribution < 1.29 is 9.59 Å². The van der Waals surface area contributed by atoms with Crippen LogP contribution in [-0.2, 0) is 9.59 Å². The van der Waals surface area contributed by atoms with E-state index in [0.717, 1.165) is 31.5 Å². The summed E-state index contributed by atoms with van der Waals surface area (Å²) in [6, 6.07) is 10.0. The maximum atomic E-state index is 12.7. The summed E-state index contributed by atoms with van der Waals surface area (Å²) >= 11 is 0. The van der Waals surface area contributed by atoms with E-state index in [1.807, 2.05) is 35.2 Å². The molecule has 2 aliphatic rings. The van der Waals surface area contributed by atoms with Gasteiger partial charge in [0.15, 0.2) is 0 Å². The van der Waals surface area contributed by atoms with Crippen molar-refractivity contribution >= 4 is 11.8 Å². The summed E-state index contributed by atoms with van der Waals surface area (Å²) in [5, 5.41) is 3.12. The molecule has 0 radical (unpaired) electrons. The highest BCUT2D eigenvalue weighted by molar-refractivity contribution is 5.83. The second-order valence-electron chi connectivity index (χ2n) is 6.14. The molecule has 1 atom stereocenters. The first-order valence-electron chi connectivity index (χ1n) is 8.00. The van der Waals surface area contributed by atoms with E-state index in [-0.39, 0.29) is 17.9 Å². The van der Waals surface area contributed by atoms with Gasteiger partial charge >= 0.3 is 0 Å². The average Bonchev–Trinajstić information content (AvgIpc) is 3.33. The fraction of sp³-hybridized carbons (Fsp3) is 0.529. The zero-order chi connectivity index (χ0) is 15.5. The third-order valence-electron chi connectivity index (χ3n) is 4.41. The van der Waals surface area contributed by atoms with Crippen LogP contribution >= 0.6 is 0 Å². The van der Waals surface area contributed by atoms with Crippen LogP contribution in [0.4, 0.5) is 0 Å². The number of hydrogen-bond acceptors (Lipinski definition) is 3. The van der Waals surface area contributed by atoms with Gasteiger partial charge in [0.25, 0.3) is 0 Å². The number of hydrogen-bond donors (Lipinski definition) is 1. The number of piperazine rings is 1. The van der Waals surface area contributed by atoms with Crippen LogP contribution in [0.15, 0.2) is 30.3 Å². The monoisotopic (exact) mass is 301 g/mol. The molecule has 0 spiro atoms. The number of rotatable bonds is 4. The summed E-state index contributed by atoms with van der Waals surface area (Å²) in [6.45, 7) is 4.45. The van der Waals surface area contributed by atoms with Crippen molar-refractivity contribution in [2.75, 3.05) is 26.2 Å². The molecule has 0 aromatic heterocycles. The van der Waals surface area contributed by atoms with Crippen LogP contribution in [0.1, 0.15) is 31.4 Å². The molecular weight excluding hydrogens is 278 g/mol. The van der Waals surface area contributed by atoms with Gasteiger partial charge < -0.3 is 10.2 Å². The molecule has 1 aromatic carbocycles. The molecule has 22 heavy (non-hydrogen) atoms. The second kappa shape index (κ2) is 6.48. The molecule has 5 nitrogen and oxygen atoms in total. The van der Waals surface area contributed by atoms with E-state index in [2.05, 4.69) is 10.2 Å². The first-order chi connectivity index (χ1) is 10.6. The predicted molar refractivity (Wildman–Crippen MR) is 84.2 cm³/mol. The molecule has 2 fully saturated rings. The first-order valence-corrected chi connectivity index (χ1v) is 8.00. The Morgan fingerprint density at radius 2 is 1.73 bits per heavy atom. The Morgan fingerprint density at radius 3 is 2.27 bits per heavy atom. The number of nitrogens with zero attached hydrogens (tertiary/aromatic N) is 2. The zero-order valence-corrected chi connectivity index (χ0v) is 13.0. The number of nitrogens with one attached hydrogen (secondary N) is 1. The van der Waals surface area contributed by atoms with Crippen LogP contribution in [-0.4, -0.2) is 53.8 Å². The quantitative estimate of drug-likeness (QED) is 0.908. The highest BCUT2D eigenvalue weighted by Gasteiger charge is 2.33. The van der Waals surface area contributed by atoms with Gasteiger partial charge in [0, 0.05) is 39.1 Å².